The molecule has 8 heteroatoms. The van der Waals surface area contributed by atoms with Crippen molar-refractivity contribution >= 4 is 5.78 Å². The number of carbonyl (C=O) groups is 1. The third kappa shape index (κ3) is 3.17. The first-order valence-corrected chi connectivity index (χ1v) is 8.56. The Bertz CT molecular complexity index is 715. The molecule has 1 aliphatic heterocycles. The van der Waals surface area contributed by atoms with Crippen LogP contribution in [-0.2, 0) is 20.7 Å². The van der Waals surface area contributed by atoms with E-state index >= 15 is 0 Å². The van der Waals surface area contributed by atoms with Crippen LogP contribution in [0.2, 0.25) is 0 Å². The van der Waals surface area contributed by atoms with Gasteiger partial charge in [0.25, 0.3) is 5.70 Å². The first-order valence-electron chi connectivity index (χ1n) is 8.56. The third-order valence-corrected chi connectivity index (χ3v) is 5.13. The van der Waals surface area contributed by atoms with Crippen molar-refractivity contribution in [1.29, 1.82) is 0 Å². The number of fused-ring (bicyclic) bond motifs is 2. The maximum atomic E-state index is 12.1. The van der Waals surface area contributed by atoms with Crippen molar-refractivity contribution in [2.75, 3.05) is 20.8 Å². The summed E-state index contributed by atoms with van der Waals surface area (Å²) in [5, 5.41) is 18.0. The van der Waals surface area contributed by atoms with Crippen LogP contribution in [0.1, 0.15) is 18.4 Å². The van der Waals surface area contributed by atoms with E-state index in [9.17, 15) is 14.9 Å². The highest BCUT2D eigenvalue weighted by Crippen LogP contribution is 2.44. The number of nitrogens with one attached hydrogen (secondary N) is 2. The van der Waals surface area contributed by atoms with Crippen LogP contribution in [0.25, 0.3) is 0 Å². The van der Waals surface area contributed by atoms with Crippen LogP contribution >= 0.6 is 0 Å². The number of nitro groups is 1. The molecule has 2 aliphatic rings. The van der Waals surface area contributed by atoms with Gasteiger partial charge in [0.2, 0.25) is 5.79 Å². The Morgan fingerprint density at radius 3 is 2.58 bits per heavy atom. The maximum absolute atomic E-state index is 12.1. The molecule has 3 rings (SSSR count). The minimum Gasteiger partial charge on any atom is -0.366 e. The smallest absolute Gasteiger partial charge is 0.294 e. The molecule has 0 aromatic heterocycles. The van der Waals surface area contributed by atoms with Crippen molar-refractivity contribution in [2.45, 2.75) is 31.1 Å². The van der Waals surface area contributed by atoms with Gasteiger partial charge in [0.15, 0.2) is 5.82 Å². The van der Waals surface area contributed by atoms with Crippen LogP contribution in [0.4, 0.5) is 0 Å². The molecule has 140 valence electrons. The average Bonchev–Trinajstić information content (AvgIpc) is 2.62. The van der Waals surface area contributed by atoms with E-state index in [2.05, 4.69) is 10.6 Å². The topological polar surface area (TPSA) is 103 Å². The Kier molecular flexibility index (Phi) is 5.24. The molecule has 1 heterocycles. The van der Waals surface area contributed by atoms with Gasteiger partial charge in [0.05, 0.1) is 11.0 Å². The summed E-state index contributed by atoms with van der Waals surface area (Å²) in [7, 11) is 2.90. The minimum absolute atomic E-state index is 0.0278. The van der Waals surface area contributed by atoms with Crippen LogP contribution in [0.3, 0.4) is 0 Å². The van der Waals surface area contributed by atoms with E-state index in [0.717, 1.165) is 12.0 Å². The van der Waals surface area contributed by atoms with Crippen molar-refractivity contribution in [1.82, 2.24) is 10.6 Å². The number of Topliss-reactive ketones (excluding diaryl/α,β-unsaturated/α-hetero) is 1. The Morgan fingerprint density at radius 1 is 1.27 bits per heavy atom. The number of methoxy groups -OCH3 is 2. The Balaban J connectivity index is 1.86. The fourth-order valence-electron chi connectivity index (χ4n) is 3.92. The van der Waals surface area contributed by atoms with Crippen LogP contribution in [-0.4, -0.2) is 43.3 Å². The lowest BCUT2D eigenvalue weighted by molar-refractivity contribution is -0.451. The predicted molar refractivity (Wildman–Crippen MR) is 93.6 cm³/mol. The van der Waals surface area contributed by atoms with E-state index < -0.39 is 22.7 Å². The fourth-order valence-corrected chi connectivity index (χ4v) is 3.92. The fraction of sp³-hybridized carbons (Fsp3) is 0.500. The first-order chi connectivity index (χ1) is 12.5. The van der Waals surface area contributed by atoms with E-state index in [1.807, 2.05) is 30.3 Å². The van der Waals surface area contributed by atoms with Crippen molar-refractivity contribution in [2.24, 2.45) is 5.92 Å². The summed E-state index contributed by atoms with van der Waals surface area (Å²) in [6.07, 6.45) is 0.956. The van der Waals surface area contributed by atoms with Gasteiger partial charge in [0, 0.05) is 33.6 Å². The molecule has 0 amide bonds. The van der Waals surface area contributed by atoms with Gasteiger partial charge in [0.1, 0.15) is 11.7 Å². The highest BCUT2D eigenvalue weighted by molar-refractivity contribution is 5.81. The molecule has 0 spiro atoms. The normalized spacial score (nSPS) is 24.2. The van der Waals surface area contributed by atoms with Crippen LogP contribution < -0.4 is 10.6 Å². The van der Waals surface area contributed by atoms with Gasteiger partial charge in [-0.3, -0.25) is 14.9 Å². The SMILES string of the molecule is COC1(OC)C2CC(=O)CC1C([N+](=O)[O-])=C(NCCc1ccccc1)N2. The number of hydrogen-bond donors (Lipinski definition) is 2. The Labute approximate surface area is 151 Å². The molecule has 1 saturated carbocycles. The van der Waals surface area contributed by atoms with Gasteiger partial charge in [-0.05, 0) is 12.0 Å². The quantitative estimate of drug-likeness (QED) is 0.427. The van der Waals surface area contributed by atoms with Crippen LogP contribution in [0.15, 0.2) is 41.8 Å². The van der Waals surface area contributed by atoms with Crippen LogP contribution in [0, 0.1) is 16.0 Å². The number of hydrogen-bond acceptors (Lipinski definition) is 7. The number of ether oxygens (including phenoxy) is 2. The summed E-state index contributed by atoms with van der Waals surface area (Å²) < 4.78 is 11.1. The van der Waals surface area contributed by atoms with E-state index in [1.165, 1.54) is 14.2 Å². The molecule has 0 saturated heterocycles. The predicted octanol–water partition coefficient (Wildman–Crippen LogP) is 1.20. The average molecular weight is 361 g/mol. The van der Waals surface area contributed by atoms with Gasteiger partial charge in [-0.1, -0.05) is 30.3 Å². The molecule has 2 unspecified atom stereocenters. The standard InChI is InChI=1S/C18H23N3O5/c1-25-18(26-2)14-10-13(22)11-15(18)20-17(16(14)21(23)24)19-9-8-12-6-4-3-5-7-12/h3-7,14-15,19-20H,8-11H2,1-2H3. The molecule has 1 fully saturated rings. The Hall–Kier alpha value is -2.45. The van der Waals surface area contributed by atoms with Gasteiger partial charge in [-0.25, -0.2) is 0 Å². The lowest BCUT2D eigenvalue weighted by Crippen LogP contribution is -2.66. The van der Waals surface area contributed by atoms with Crippen molar-refractivity contribution in [3.8, 4) is 0 Å². The van der Waals surface area contributed by atoms with E-state index in [4.69, 9.17) is 9.47 Å². The second-order valence-electron chi connectivity index (χ2n) is 6.51. The molecule has 2 bridgehead atoms. The zero-order valence-electron chi connectivity index (χ0n) is 14.9. The molecule has 8 nitrogen and oxygen atoms in total. The second kappa shape index (κ2) is 7.43. The van der Waals surface area contributed by atoms with Gasteiger partial charge in [-0.15, -0.1) is 0 Å². The zero-order chi connectivity index (χ0) is 18.7. The van der Waals surface area contributed by atoms with Gasteiger partial charge in [-0.2, -0.15) is 0 Å². The molecular weight excluding hydrogens is 338 g/mol. The zero-order valence-corrected chi connectivity index (χ0v) is 14.9. The van der Waals surface area contributed by atoms with E-state index in [-0.39, 0.29) is 24.3 Å². The maximum Gasteiger partial charge on any atom is 0.294 e. The molecule has 1 aromatic rings. The molecule has 1 aromatic carbocycles. The van der Waals surface area contributed by atoms with E-state index in [1.54, 1.807) is 0 Å². The Morgan fingerprint density at radius 2 is 1.96 bits per heavy atom. The van der Waals surface area contributed by atoms with Crippen molar-refractivity contribution < 1.29 is 19.2 Å². The minimum atomic E-state index is -1.22. The molecule has 1 aliphatic carbocycles. The third-order valence-electron chi connectivity index (χ3n) is 5.13. The molecular formula is C18H23N3O5. The highest BCUT2D eigenvalue weighted by atomic mass is 16.7. The lowest BCUT2D eigenvalue weighted by atomic mass is 9.74. The van der Waals surface area contributed by atoms with E-state index in [0.29, 0.717) is 12.4 Å². The largest absolute Gasteiger partial charge is 0.366 e. The molecule has 0 radical (unpaired) electrons. The lowest BCUT2D eigenvalue weighted by Gasteiger charge is -2.48. The number of rotatable bonds is 7. The summed E-state index contributed by atoms with van der Waals surface area (Å²) in [5.74, 6) is -1.68. The number of nitrogens with zero attached hydrogens (tertiary/aromatic N) is 1. The highest BCUT2D eigenvalue weighted by Gasteiger charge is 2.60. The number of benzene rings is 1. The molecule has 2 atom stereocenters. The number of carbonyl (C=O) groups excluding carboxylic acids is 1. The first kappa shape index (κ1) is 18.3. The molecule has 2 N–H and O–H groups in total. The van der Waals surface area contributed by atoms with Gasteiger partial charge < -0.3 is 20.1 Å². The monoisotopic (exact) mass is 361 g/mol. The van der Waals surface area contributed by atoms with Crippen molar-refractivity contribution in [3.05, 3.63) is 57.5 Å². The van der Waals surface area contributed by atoms with Crippen LogP contribution in [0.5, 0.6) is 0 Å². The second-order valence-corrected chi connectivity index (χ2v) is 6.51. The van der Waals surface area contributed by atoms with Crippen molar-refractivity contribution in [3.63, 3.8) is 0 Å². The summed E-state index contributed by atoms with van der Waals surface area (Å²) in [6.45, 7) is 0.532. The molecule has 26 heavy (non-hydrogen) atoms. The van der Waals surface area contributed by atoms with Gasteiger partial charge >= 0.3 is 0 Å². The summed E-state index contributed by atoms with van der Waals surface area (Å²) in [6, 6.07) is 9.39. The summed E-state index contributed by atoms with van der Waals surface area (Å²) >= 11 is 0. The summed E-state index contributed by atoms with van der Waals surface area (Å²) in [5.41, 5.74) is 1.05. The summed E-state index contributed by atoms with van der Waals surface area (Å²) in [4.78, 5) is 23.4. The number of ketones is 1.